The van der Waals surface area contributed by atoms with Crippen LogP contribution in [0, 0.1) is 23.0 Å². The Balaban J connectivity index is 1.79. The molecule has 0 radical (unpaired) electrons. The molecule has 9 nitrogen and oxygen atoms in total. The zero-order valence-electron chi connectivity index (χ0n) is 15.9. The molecule has 0 spiro atoms. The minimum Gasteiger partial charge on any atom is -0.449 e. The van der Waals surface area contributed by atoms with Crippen molar-refractivity contribution in [2.24, 2.45) is 5.92 Å². The van der Waals surface area contributed by atoms with Gasteiger partial charge < -0.3 is 15.0 Å². The average Bonchev–Trinajstić information content (AvgIpc) is 2.61. The summed E-state index contributed by atoms with van der Waals surface area (Å²) < 4.78 is 5.22. The van der Waals surface area contributed by atoms with Crippen LogP contribution in [0.3, 0.4) is 0 Å². The fourth-order valence-electron chi connectivity index (χ4n) is 2.71. The molecule has 0 unspecified atom stereocenters. The predicted molar refractivity (Wildman–Crippen MR) is 101 cm³/mol. The van der Waals surface area contributed by atoms with Gasteiger partial charge in [0.2, 0.25) is 5.91 Å². The number of nitro benzene ring substituents is 1. The number of rotatable bonds is 6. The van der Waals surface area contributed by atoms with E-state index in [1.54, 1.807) is 11.8 Å². The molecule has 2 amide bonds. The van der Waals surface area contributed by atoms with E-state index in [9.17, 15) is 19.7 Å². The van der Waals surface area contributed by atoms with Crippen LogP contribution in [-0.4, -0.2) is 66.1 Å². The number of piperazine rings is 1. The molecular formula is C18H26N4O5. The Kier molecular flexibility index (Phi) is 7.12. The molecule has 148 valence electrons. The maximum atomic E-state index is 12.3. The molecule has 1 aromatic rings. The van der Waals surface area contributed by atoms with Crippen LogP contribution in [0.1, 0.15) is 19.4 Å². The summed E-state index contributed by atoms with van der Waals surface area (Å²) in [6.07, 6.45) is -0.311. The summed E-state index contributed by atoms with van der Waals surface area (Å²) in [6.45, 7) is 8.48. The molecule has 9 heteroatoms. The lowest BCUT2D eigenvalue weighted by Gasteiger charge is -2.33. The van der Waals surface area contributed by atoms with Crippen molar-refractivity contribution in [2.45, 2.75) is 20.8 Å². The molecule has 1 aromatic carbocycles. The first-order valence-corrected chi connectivity index (χ1v) is 8.95. The Hall–Kier alpha value is -2.68. The van der Waals surface area contributed by atoms with Gasteiger partial charge in [0, 0.05) is 44.0 Å². The number of carbonyl (C=O) groups excluding carboxylic acids is 2. The van der Waals surface area contributed by atoms with E-state index in [1.165, 1.54) is 18.2 Å². The third kappa shape index (κ3) is 6.21. The van der Waals surface area contributed by atoms with E-state index >= 15 is 0 Å². The molecule has 2 rings (SSSR count). The molecule has 1 fully saturated rings. The molecule has 0 saturated carbocycles. The summed E-state index contributed by atoms with van der Waals surface area (Å²) in [6, 6.07) is 4.33. The number of hydrogen-bond donors (Lipinski definition) is 1. The number of nitrogens with one attached hydrogen (secondary N) is 1. The highest BCUT2D eigenvalue weighted by Crippen LogP contribution is 2.21. The third-order valence-electron chi connectivity index (χ3n) is 4.23. The molecule has 1 heterocycles. The number of nitro groups is 1. The maximum absolute atomic E-state index is 12.3. The normalized spacial score (nSPS) is 14.9. The van der Waals surface area contributed by atoms with Gasteiger partial charge in [-0.25, -0.2) is 4.79 Å². The molecule has 0 aromatic heterocycles. The lowest BCUT2D eigenvalue weighted by molar-refractivity contribution is -0.384. The van der Waals surface area contributed by atoms with Crippen LogP contribution >= 0.6 is 0 Å². The van der Waals surface area contributed by atoms with E-state index in [0.29, 0.717) is 50.0 Å². The second-order valence-electron chi connectivity index (χ2n) is 7.04. The van der Waals surface area contributed by atoms with Gasteiger partial charge in [-0.05, 0) is 24.5 Å². The van der Waals surface area contributed by atoms with Gasteiger partial charge in [-0.1, -0.05) is 13.8 Å². The first kappa shape index (κ1) is 20.6. The van der Waals surface area contributed by atoms with Gasteiger partial charge >= 0.3 is 6.09 Å². The first-order chi connectivity index (χ1) is 12.8. The predicted octanol–water partition coefficient (Wildman–Crippen LogP) is 2.25. The monoisotopic (exact) mass is 378 g/mol. The minimum absolute atomic E-state index is 0.00836. The molecule has 0 atom stereocenters. The topological polar surface area (TPSA) is 105 Å². The van der Waals surface area contributed by atoms with Gasteiger partial charge in [0.15, 0.2) is 0 Å². The fraction of sp³-hybridized carbons (Fsp3) is 0.556. The van der Waals surface area contributed by atoms with Crippen LogP contribution in [0.5, 0.6) is 0 Å². The van der Waals surface area contributed by atoms with Crippen molar-refractivity contribution in [3.63, 3.8) is 0 Å². The summed E-state index contributed by atoms with van der Waals surface area (Å²) in [5.74, 6) is 0.101. The lowest BCUT2D eigenvalue weighted by atomic mass is 10.2. The summed E-state index contributed by atoms with van der Waals surface area (Å²) >= 11 is 0. The summed E-state index contributed by atoms with van der Waals surface area (Å²) in [5, 5.41) is 13.6. The van der Waals surface area contributed by atoms with Crippen molar-refractivity contribution < 1.29 is 19.2 Å². The number of carbonyl (C=O) groups is 2. The Labute approximate surface area is 158 Å². The number of ether oxygens (including phenoxy) is 1. The highest BCUT2D eigenvalue weighted by atomic mass is 16.6. The highest BCUT2D eigenvalue weighted by molar-refractivity contribution is 5.93. The van der Waals surface area contributed by atoms with E-state index in [1.807, 2.05) is 18.7 Å². The smallest absolute Gasteiger partial charge is 0.409 e. The Morgan fingerprint density at radius 2 is 1.93 bits per heavy atom. The largest absolute Gasteiger partial charge is 0.449 e. The zero-order valence-corrected chi connectivity index (χ0v) is 15.9. The summed E-state index contributed by atoms with van der Waals surface area (Å²) in [7, 11) is 0. The van der Waals surface area contributed by atoms with E-state index < -0.39 is 4.92 Å². The molecule has 27 heavy (non-hydrogen) atoms. The van der Waals surface area contributed by atoms with E-state index in [0.717, 1.165) is 0 Å². The van der Waals surface area contributed by atoms with Crippen molar-refractivity contribution >= 4 is 23.4 Å². The van der Waals surface area contributed by atoms with Gasteiger partial charge in [-0.2, -0.15) is 0 Å². The van der Waals surface area contributed by atoms with Gasteiger partial charge in [0.1, 0.15) is 0 Å². The average molecular weight is 378 g/mol. The van der Waals surface area contributed by atoms with Gasteiger partial charge in [-0.3, -0.25) is 19.8 Å². The van der Waals surface area contributed by atoms with Crippen LogP contribution in [0.2, 0.25) is 0 Å². The van der Waals surface area contributed by atoms with Crippen LogP contribution in [0.15, 0.2) is 18.2 Å². The minimum atomic E-state index is -0.468. The SMILES string of the molecule is Cc1cc([N+](=O)[O-])ccc1NC(=O)CN1CCN(C(=O)OCC(C)C)CC1. The maximum Gasteiger partial charge on any atom is 0.409 e. The van der Waals surface area contributed by atoms with E-state index in [4.69, 9.17) is 4.74 Å². The van der Waals surface area contributed by atoms with Crippen LogP contribution in [0.4, 0.5) is 16.2 Å². The van der Waals surface area contributed by atoms with E-state index in [2.05, 4.69) is 5.32 Å². The Morgan fingerprint density at radius 3 is 2.48 bits per heavy atom. The third-order valence-corrected chi connectivity index (χ3v) is 4.23. The summed E-state index contributed by atoms with van der Waals surface area (Å²) in [5.41, 5.74) is 1.18. The molecule has 1 aliphatic heterocycles. The van der Waals surface area contributed by atoms with Gasteiger partial charge in [0.05, 0.1) is 18.1 Å². The van der Waals surface area contributed by atoms with Crippen LogP contribution < -0.4 is 5.32 Å². The zero-order chi connectivity index (χ0) is 20.0. The Bertz CT molecular complexity index is 699. The number of amides is 2. The van der Waals surface area contributed by atoms with Gasteiger partial charge in [0.25, 0.3) is 5.69 Å². The fourth-order valence-corrected chi connectivity index (χ4v) is 2.71. The van der Waals surface area contributed by atoms with Crippen LogP contribution in [-0.2, 0) is 9.53 Å². The molecule has 1 aliphatic rings. The molecule has 0 aliphatic carbocycles. The van der Waals surface area contributed by atoms with Crippen molar-refractivity contribution in [2.75, 3.05) is 44.6 Å². The highest BCUT2D eigenvalue weighted by Gasteiger charge is 2.23. The summed E-state index contributed by atoms with van der Waals surface area (Å²) in [4.78, 5) is 38.1. The number of nitrogens with zero attached hydrogens (tertiary/aromatic N) is 3. The van der Waals surface area contributed by atoms with E-state index in [-0.39, 0.29) is 24.2 Å². The number of aryl methyl sites for hydroxylation is 1. The standard InChI is InChI=1S/C18H26N4O5/c1-13(2)12-27-18(24)21-8-6-20(7-9-21)11-17(23)19-16-5-4-15(22(25)26)10-14(16)3/h4-5,10,13H,6-9,11-12H2,1-3H3,(H,19,23). The van der Waals surface area contributed by atoms with Crippen LogP contribution in [0.25, 0.3) is 0 Å². The van der Waals surface area contributed by atoms with Gasteiger partial charge in [-0.15, -0.1) is 0 Å². The second-order valence-corrected chi connectivity index (χ2v) is 7.04. The quantitative estimate of drug-likeness (QED) is 0.601. The molecule has 1 N–H and O–H groups in total. The first-order valence-electron chi connectivity index (χ1n) is 8.95. The molecule has 1 saturated heterocycles. The molecular weight excluding hydrogens is 352 g/mol. The Morgan fingerprint density at radius 1 is 1.26 bits per heavy atom. The second kappa shape index (κ2) is 9.31. The number of benzene rings is 1. The number of hydrogen-bond acceptors (Lipinski definition) is 6. The van der Waals surface area contributed by atoms with Crippen molar-refractivity contribution in [1.82, 2.24) is 9.80 Å². The molecule has 0 bridgehead atoms. The number of non-ortho nitro benzene ring substituents is 1. The van der Waals surface area contributed by atoms with Crippen molar-refractivity contribution in [1.29, 1.82) is 0 Å². The van der Waals surface area contributed by atoms with Crippen molar-refractivity contribution in [3.8, 4) is 0 Å². The number of anilines is 1. The lowest BCUT2D eigenvalue weighted by Crippen LogP contribution is -2.50. The van der Waals surface area contributed by atoms with Crippen molar-refractivity contribution in [3.05, 3.63) is 33.9 Å².